The van der Waals surface area contributed by atoms with Crippen LogP contribution in [0, 0.1) is 0 Å². The van der Waals surface area contributed by atoms with Crippen LogP contribution in [-0.4, -0.2) is 18.5 Å². The lowest BCUT2D eigenvalue weighted by atomic mass is 10.3. The highest BCUT2D eigenvalue weighted by molar-refractivity contribution is 5.81. The quantitative estimate of drug-likeness (QED) is 0.855. The second-order valence-corrected chi connectivity index (χ2v) is 5.11. The molecule has 1 fully saturated rings. The van der Waals surface area contributed by atoms with E-state index in [-0.39, 0.29) is 12.5 Å². The minimum atomic E-state index is 0.0204. The average molecular weight is 282 g/mol. The minimum Gasteiger partial charge on any atom is -0.455 e. The Bertz CT molecular complexity index is 609. The van der Waals surface area contributed by atoms with Crippen molar-refractivity contribution in [2.24, 2.45) is 0 Å². The third-order valence-electron chi connectivity index (χ3n) is 3.24. The van der Waals surface area contributed by atoms with Gasteiger partial charge >= 0.3 is 0 Å². The zero-order chi connectivity index (χ0) is 14.5. The summed E-state index contributed by atoms with van der Waals surface area (Å²) in [5, 5.41) is 6.08. The monoisotopic (exact) mass is 282 g/mol. The van der Waals surface area contributed by atoms with E-state index in [0.29, 0.717) is 11.8 Å². The van der Waals surface area contributed by atoms with Gasteiger partial charge in [-0.25, -0.2) is 0 Å². The Morgan fingerprint density at radius 2 is 1.76 bits per heavy atom. The van der Waals surface area contributed by atoms with E-state index in [1.165, 1.54) is 0 Å². The summed E-state index contributed by atoms with van der Waals surface area (Å²) in [5.74, 6) is 1.50. The van der Waals surface area contributed by atoms with Crippen LogP contribution in [0.5, 0.6) is 11.5 Å². The molecule has 1 aliphatic rings. The molecule has 0 bridgehead atoms. The zero-order valence-electron chi connectivity index (χ0n) is 11.7. The van der Waals surface area contributed by atoms with Crippen molar-refractivity contribution in [2.75, 3.05) is 11.9 Å². The highest BCUT2D eigenvalue weighted by Gasteiger charge is 2.22. The maximum Gasteiger partial charge on any atom is 0.239 e. The normalized spacial score (nSPS) is 13.5. The Balaban J connectivity index is 1.63. The van der Waals surface area contributed by atoms with Gasteiger partial charge in [0.2, 0.25) is 5.91 Å². The van der Waals surface area contributed by atoms with Crippen molar-refractivity contribution < 1.29 is 9.53 Å². The molecule has 0 atom stereocenters. The van der Waals surface area contributed by atoms with E-state index < -0.39 is 0 Å². The molecule has 0 aliphatic heterocycles. The molecule has 0 saturated heterocycles. The standard InChI is InChI=1S/C17H18N2O2/c20-17(19-13-10-11-13)12-18-15-8-4-5-9-16(15)21-14-6-2-1-3-7-14/h1-9,13,18H,10-12H2,(H,19,20). The number of hydrogen-bond donors (Lipinski definition) is 2. The van der Waals surface area contributed by atoms with E-state index in [4.69, 9.17) is 4.74 Å². The summed E-state index contributed by atoms with van der Waals surface area (Å²) in [5.41, 5.74) is 0.812. The molecule has 1 amide bonds. The summed E-state index contributed by atoms with van der Waals surface area (Å²) < 4.78 is 5.84. The van der Waals surface area contributed by atoms with Gasteiger partial charge in [0, 0.05) is 6.04 Å². The predicted octanol–water partition coefficient (Wildman–Crippen LogP) is 3.17. The molecular formula is C17H18N2O2. The zero-order valence-corrected chi connectivity index (χ0v) is 11.7. The molecular weight excluding hydrogens is 264 g/mol. The summed E-state index contributed by atoms with van der Waals surface area (Å²) in [7, 11) is 0. The second-order valence-electron chi connectivity index (χ2n) is 5.11. The Kier molecular flexibility index (Phi) is 4.05. The van der Waals surface area contributed by atoms with Crippen LogP contribution in [0.2, 0.25) is 0 Å². The molecule has 4 nitrogen and oxygen atoms in total. The predicted molar refractivity (Wildman–Crippen MR) is 82.6 cm³/mol. The van der Waals surface area contributed by atoms with Crippen LogP contribution in [0.25, 0.3) is 0 Å². The largest absolute Gasteiger partial charge is 0.455 e. The summed E-state index contributed by atoms with van der Waals surface area (Å²) >= 11 is 0. The number of carbonyl (C=O) groups excluding carboxylic acids is 1. The van der Waals surface area contributed by atoms with E-state index >= 15 is 0 Å². The first kappa shape index (κ1) is 13.5. The maximum atomic E-state index is 11.7. The highest BCUT2D eigenvalue weighted by atomic mass is 16.5. The molecule has 2 aromatic carbocycles. The Morgan fingerprint density at radius 1 is 1.05 bits per heavy atom. The number of nitrogens with one attached hydrogen (secondary N) is 2. The number of carbonyl (C=O) groups is 1. The topological polar surface area (TPSA) is 50.4 Å². The molecule has 0 spiro atoms. The van der Waals surface area contributed by atoms with Crippen LogP contribution < -0.4 is 15.4 Å². The summed E-state index contributed by atoms with van der Waals surface area (Å²) in [4.78, 5) is 11.7. The fourth-order valence-electron chi connectivity index (χ4n) is 2.00. The van der Waals surface area contributed by atoms with Crippen LogP contribution in [0.15, 0.2) is 54.6 Å². The Morgan fingerprint density at radius 3 is 2.52 bits per heavy atom. The molecule has 108 valence electrons. The maximum absolute atomic E-state index is 11.7. The van der Waals surface area contributed by atoms with Gasteiger partial charge in [0.1, 0.15) is 5.75 Å². The molecule has 1 saturated carbocycles. The molecule has 3 rings (SSSR count). The van der Waals surface area contributed by atoms with E-state index in [2.05, 4.69) is 10.6 Å². The molecule has 2 aromatic rings. The first-order chi connectivity index (χ1) is 10.3. The summed E-state index contributed by atoms with van der Waals surface area (Å²) in [6, 6.07) is 17.6. The number of para-hydroxylation sites is 3. The summed E-state index contributed by atoms with van der Waals surface area (Å²) in [6.45, 7) is 0.256. The van der Waals surface area contributed by atoms with Crippen LogP contribution in [0.4, 0.5) is 5.69 Å². The number of benzene rings is 2. The highest BCUT2D eigenvalue weighted by Crippen LogP contribution is 2.28. The third kappa shape index (κ3) is 3.99. The third-order valence-corrected chi connectivity index (χ3v) is 3.24. The van der Waals surface area contributed by atoms with Crippen LogP contribution >= 0.6 is 0 Å². The molecule has 0 heterocycles. The fourth-order valence-corrected chi connectivity index (χ4v) is 2.00. The SMILES string of the molecule is O=C(CNc1ccccc1Oc1ccccc1)NC1CC1. The van der Waals surface area contributed by atoms with Crippen LogP contribution in [-0.2, 0) is 4.79 Å². The van der Waals surface area contributed by atoms with E-state index in [1.807, 2.05) is 54.6 Å². The average Bonchev–Trinajstić information content (AvgIpc) is 3.31. The molecule has 4 heteroatoms. The Labute approximate surface area is 124 Å². The lowest BCUT2D eigenvalue weighted by molar-refractivity contribution is -0.119. The van der Waals surface area contributed by atoms with Crippen LogP contribution in [0.1, 0.15) is 12.8 Å². The molecule has 1 aliphatic carbocycles. The van der Waals surface area contributed by atoms with Gasteiger partial charge in [-0.2, -0.15) is 0 Å². The van der Waals surface area contributed by atoms with Crippen molar-refractivity contribution in [3.05, 3.63) is 54.6 Å². The van der Waals surface area contributed by atoms with Gasteiger partial charge in [-0.15, -0.1) is 0 Å². The van der Waals surface area contributed by atoms with Crippen molar-refractivity contribution in [2.45, 2.75) is 18.9 Å². The van der Waals surface area contributed by atoms with Gasteiger partial charge in [-0.3, -0.25) is 4.79 Å². The van der Waals surface area contributed by atoms with Crippen molar-refractivity contribution in [3.8, 4) is 11.5 Å². The lowest BCUT2D eigenvalue weighted by Crippen LogP contribution is -2.31. The first-order valence-electron chi connectivity index (χ1n) is 7.16. The Hall–Kier alpha value is -2.49. The lowest BCUT2D eigenvalue weighted by Gasteiger charge is -2.12. The number of rotatable bonds is 6. The molecule has 2 N–H and O–H groups in total. The van der Waals surface area contributed by atoms with Gasteiger partial charge in [0.25, 0.3) is 0 Å². The van der Waals surface area contributed by atoms with Crippen molar-refractivity contribution >= 4 is 11.6 Å². The smallest absolute Gasteiger partial charge is 0.239 e. The molecule has 0 radical (unpaired) electrons. The second kappa shape index (κ2) is 6.31. The first-order valence-corrected chi connectivity index (χ1v) is 7.16. The fraction of sp³-hybridized carbons (Fsp3) is 0.235. The van der Waals surface area contributed by atoms with E-state index in [9.17, 15) is 4.79 Å². The number of amides is 1. The van der Waals surface area contributed by atoms with E-state index in [1.54, 1.807) is 0 Å². The van der Waals surface area contributed by atoms with Gasteiger partial charge < -0.3 is 15.4 Å². The van der Waals surface area contributed by atoms with Gasteiger partial charge in [-0.05, 0) is 37.1 Å². The van der Waals surface area contributed by atoms with Gasteiger partial charge in [0.05, 0.1) is 12.2 Å². The molecule has 21 heavy (non-hydrogen) atoms. The number of anilines is 1. The number of ether oxygens (including phenoxy) is 1. The van der Waals surface area contributed by atoms with Crippen molar-refractivity contribution in [1.82, 2.24) is 5.32 Å². The van der Waals surface area contributed by atoms with Gasteiger partial charge in [-0.1, -0.05) is 30.3 Å². The van der Waals surface area contributed by atoms with Crippen molar-refractivity contribution in [3.63, 3.8) is 0 Å². The minimum absolute atomic E-state index is 0.0204. The van der Waals surface area contributed by atoms with E-state index in [0.717, 1.165) is 24.3 Å². The van der Waals surface area contributed by atoms with Crippen molar-refractivity contribution in [1.29, 1.82) is 0 Å². The molecule has 0 unspecified atom stereocenters. The molecule has 0 aromatic heterocycles. The van der Waals surface area contributed by atoms with Crippen LogP contribution in [0.3, 0.4) is 0 Å². The number of hydrogen-bond acceptors (Lipinski definition) is 3. The van der Waals surface area contributed by atoms with Gasteiger partial charge in [0.15, 0.2) is 5.75 Å². The summed E-state index contributed by atoms with van der Waals surface area (Å²) in [6.07, 6.45) is 2.19.